The van der Waals surface area contributed by atoms with Crippen LogP contribution < -0.4 is 5.73 Å². The molecule has 114 valence electrons. The Morgan fingerprint density at radius 1 is 1.32 bits per heavy atom. The molecule has 0 aromatic carbocycles. The number of likely N-dealkylation sites (tertiary alicyclic amines) is 1. The van der Waals surface area contributed by atoms with Gasteiger partial charge in [0, 0.05) is 30.9 Å². The summed E-state index contributed by atoms with van der Waals surface area (Å²) in [6.07, 6.45) is 3.66. The van der Waals surface area contributed by atoms with E-state index in [0.717, 1.165) is 6.42 Å². The van der Waals surface area contributed by atoms with Gasteiger partial charge in [0.15, 0.2) is 11.4 Å². The molecule has 2 atom stereocenters. The second-order valence-electron chi connectivity index (χ2n) is 5.41. The molecule has 0 bridgehead atoms. The summed E-state index contributed by atoms with van der Waals surface area (Å²) in [5.74, 6) is -0.705. The molecule has 22 heavy (non-hydrogen) atoms. The molecule has 3 rings (SSSR count). The van der Waals surface area contributed by atoms with Gasteiger partial charge in [0.1, 0.15) is 0 Å². The number of rotatable bonds is 3. The van der Waals surface area contributed by atoms with Crippen LogP contribution in [0, 0.1) is 0 Å². The van der Waals surface area contributed by atoms with Crippen molar-refractivity contribution in [1.29, 1.82) is 0 Å². The largest absolute Gasteiger partial charge is 0.364 e. The van der Waals surface area contributed by atoms with E-state index in [1.165, 1.54) is 18.0 Å². The van der Waals surface area contributed by atoms with E-state index in [0.29, 0.717) is 12.5 Å². The van der Waals surface area contributed by atoms with Gasteiger partial charge in [0.05, 0.1) is 0 Å². The van der Waals surface area contributed by atoms with Crippen molar-refractivity contribution in [1.82, 2.24) is 14.9 Å². The summed E-state index contributed by atoms with van der Waals surface area (Å²) >= 11 is 1.65. The molecular weight excluding hydrogens is 300 g/mol. The zero-order valence-electron chi connectivity index (χ0n) is 12.1. The fourth-order valence-corrected chi connectivity index (χ4v) is 3.62. The zero-order valence-corrected chi connectivity index (χ0v) is 12.9. The first-order chi connectivity index (χ1) is 10.6. The maximum absolute atomic E-state index is 12.7. The Balaban J connectivity index is 1.85. The zero-order chi connectivity index (χ0) is 15.7. The molecule has 0 aliphatic carbocycles. The molecule has 2 N–H and O–H groups in total. The van der Waals surface area contributed by atoms with Gasteiger partial charge in [-0.1, -0.05) is 0 Å². The van der Waals surface area contributed by atoms with Crippen LogP contribution in [0.3, 0.4) is 0 Å². The van der Waals surface area contributed by atoms with E-state index in [2.05, 4.69) is 21.4 Å². The summed E-state index contributed by atoms with van der Waals surface area (Å²) in [6.45, 7) is 2.62. The van der Waals surface area contributed by atoms with Crippen molar-refractivity contribution in [3.63, 3.8) is 0 Å². The van der Waals surface area contributed by atoms with Gasteiger partial charge in [-0.25, -0.2) is 9.97 Å². The molecule has 6 nitrogen and oxygen atoms in total. The number of hydrogen-bond acceptors (Lipinski definition) is 5. The van der Waals surface area contributed by atoms with Crippen LogP contribution >= 0.6 is 11.3 Å². The average molecular weight is 316 g/mol. The number of aromatic nitrogens is 2. The van der Waals surface area contributed by atoms with Crippen LogP contribution in [0.5, 0.6) is 0 Å². The van der Waals surface area contributed by atoms with E-state index in [9.17, 15) is 9.59 Å². The van der Waals surface area contributed by atoms with E-state index in [1.807, 2.05) is 12.3 Å². The first-order valence-corrected chi connectivity index (χ1v) is 7.96. The monoisotopic (exact) mass is 316 g/mol. The molecule has 0 radical (unpaired) electrons. The number of hydrogen-bond donors (Lipinski definition) is 1. The molecule has 1 fully saturated rings. The Hall–Kier alpha value is -2.28. The van der Waals surface area contributed by atoms with Crippen LogP contribution in [-0.2, 0) is 0 Å². The normalized spacial score (nSPS) is 21.0. The van der Waals surface area contributed by atoms with Crippen molar-refractivity contribution in [2.45, 2.75) is 25.3 Å². The highest BCUT2D eigenvalue weighted by molar-refractivity contribution is 7.08. The van der Waals surface area contributed by atoms with Crippen LogP contribution in [0.2, 0.25) is 0 Å². The Labute approximate surface area is 132 Å². The lowest BCUT2D eigenvalue weighted by atomic mass is 10.00. The first kappa shape index (κ1) is 14.6. The molecule has 0 unspecified atom stereocenters. The molecule has 0 spiro atoms. The van der Waals surface area contributed by atoms with Crippen LogP contribution in [-0.4, -0.2) is 39.3 Å². The number of carbonyl (C=O) groups excluding carboxylic acids is 2. The number of primary amides is 1. The Morgan fingerprint density at radius 2 is 2.05 bits per heavy atom. The lowest BCUT2D eigenvalue weighted by Gasteiger charge is -2.21. The smallest absolute Gasteiger partial charge is 0.275 e. The molecule has 7 heteroatoms. The maximum Gasteiger partial charge on any atom is 0.275 e. The van der Waals surface area contributed by atoms with Crippen LogP contribution in [0.1, 0.15) is 45.8 Å². The van der Waals surface area contributed by atoms with Crippen molar-refractivity contribution < 1.29 is 9.59 Å². The quantitative estimate of drug-likeness (QED) is 0.932. The second kappa shape index (κ2) is 5.84. The SMILES string of the molecule is C[C@H]1C[C@H](c2ccsc2)CN1C(=O)c1nccnc1C(N)=O. The number of carbonyl (C=O) groups is 2. The highest BCUT2D eigenvalue weighted by atomic mass is 32.1. The van der Waals surface area contributed by atoms with Gasteiger partial charge in [0.25, 0.3) is 11.8 Å². The molecule has 1 aliphatic heterocycles. The number of amides is 2. The van der Waals surface area contributed by atoms with E-state index in [-0.39, 0.29) is 23.3 Å². The summed E-state index contributed by atoms with van der Waals surface area (Å²) in [6, 6.07) is 2.17. The highest BCUT2D eigenvalue weighted by Crippen LogP contribution is 2.33. The van der Waals surface area contributed by atoms with E-state index in [1.54, 1.807) is 16.2 Å². The Kier molecular flexibility index (Phi) is 3.89. The van der Waals surface area contributed by atoms with E-state index < -0.39 is 5.91 Å². The topological polar surface area (TPSA) is 89.2 Å². The number of thiophene rings is 1. The summed E-state index contributed by atoms with van der Waals surface area (Å²) in [7, 11) is 0. The third-order valence-corrected chi connectivity index (χ3v) is 4.69. The highest BCUT2D eigenvalue weighted by Gasteiger charge is 2.35. The van der Waals surface area contributed by atoms with Gasteiger partial charge < -0.3 is 10.6 Å². The van der Waals surface area contributed by atoms with Crippen molar-refractivity contribution >= 4 is 23.2 Å². The predicted molar refractivity (Wildman–Crippen MR) is 82.7 cm³/mol. The molecule has 1 aliphatic rings. The fraction of sp³-hybridized carbons (Fsp3) is 0.333. The molecule has 1 saturated heterocycles. The third-order valence-electron chi connectivity index (χ3n) is 3.98. The van der Waals surface area contributed by atoms with Gasteiger partial charge >= 0.3 is 0 Å². The van der Waals surface area contributed by atoms with Gasteiger partial charge in [-0.05, 0) is 35.7 Å². The lowest BCUT2D eigenvalue weighted by Crippen LogP contribution is -2.36. The van der Waals surface area contributed by atoms with Crippen molar-refractivity contribution in [3.05, 3.63) is 46.2 Å². The molecule has 2 aromatic rings. The van der Waals surface area contributed by atoms with Crippen molar-refractivity contribution in [3.8, 4) is 0 Å². The first-order valence-electron chi connectivity index (χ1n) is 7.01. The van der Waals surface area contributed by atoms with Crippen LogP contribution in [0.4, 0.5) is 0 Å². The van der Waals surface area contributed by atoms with Gasteiger partial charge in [-0.2, -0.15) is 11.3 Å². The average Bonchev–Trinajstić information content (AvgIpc) is 3.15. The summed E-state index contributed by atoms with van der Waals surface area (Å²) in [4.78, 5) is 33.8. The van der Waals surface area contributed by atoms with Gasteiger partial charge in [-0.15, -0.1) is 0 Å². The maximum atomic E-state index is 12.7. The van der Waals surface area contributed by atoms with Crippen molar-refractivity contribution in [2.24, 2.45) is 5.73 Å². The molecule has 0 saturated carbocycles. The number of nitrogens with zero attached hydrogens (tertiary/aromatic N) is 3. The number of nitrogens with two attached hydrogens (primary N) is 1. The van der Waals surface area contributed by atoms with Gasteiger partial charge in [-0.3, -0.25) is 9.59 Å². The molecule has 2 amide bonds. The second-order valence-corrected chi connectivity index (χ2v) is 6.19. The summed E-state index contributed by atoms with van der Waals surface area (Å²) < 4.78 is 0. The fourth-order valence-electron chi connectivity index (χ4n) is 2.87. The minimum atomic E-state index is -0.738. The van der Waals surface area contributed by atoms with Crippen molar-refractivity contribution in [2.75, 3.05) is 6.54 Å². The summed E-state index contributed by atoms with van der Waals surface area (Å²) in [5, 5.41) is 4.15. The van der Waals surface area contributed by atoms with E-state index in [4.69, 9.17) is 5.73 Å². The van der Waals surface area contributed by atoms with Gasteiger partial charge in [0.2, 0.25) is 0 Å². The lowest BCUT2D eigenvalue weighted by molar-refractivity contribution is 0.0733. The molecular formula is C15H16N4O2S. The minimum absolute atomic E-state index is 0.0350. The van der Waals surface area contributed by atoms with Crippen LogP contribution in [0.25, 0.3) is 0 Å². The Bertz CT molecular complexity index is 701. The van der Waals surface area contributed by atoms with E-state index >= 15 is 0 Å². The predicted octanol–water partition coefficient (Wildman–Crippen LogP) is 1.66. The molecule has 2 aromatic heterocycles. The standard InChI is InChI=1S/C15H16N4O2S/c1-9-6-11(10-2-5-22-8-10)7-19(9)15(21)13-12(14(16)20)17-3-4-18-13/h2-5,8-9,11H,6-7H2,1H3,(H2,16,20)/t9-,11-/m0/s1. The third kappa shape index (κ3) is 2.59. The molecule has 3 heterocycles. The Morgan fingerprint density at radius 3 is 2.68 bits per heavy atom. The summed E-state index contributed by atoms with van der Waals surface area (Å²) in [5.41, 5.74) is 6.50. The minimum Gasteiger partial charge on any atom is -0.364 e. The van der Waals surface area contributed by atoms with Crippen LogP contribution in [0.15, 0.2) is 29.2 Å².